The summed E-state index contributed by atoms with van der Waals surface area (Å²) in [6.07, 6.45) is 0.344. The van der Waals surface area contributed by atoms with E-state index in [1.54, 1.807) is 19.1 Å². The van der Waals surface area contributed by atoms with E-state index in [1.165, 1.54) is 6.07 Å². The summed E-state index contributed by atoms with van der Waals surface area (Å²) in [6.45, 7) is 8.17. The predicted octanol–water partition coefficient (Wildman–Crippen LogP) is 2.42. The fourth-order valence-electron chi connectivity index (χ4n) is 3.15. The maximum Gasteiger partial charge on any atom is 0.336 e. The summed E-state index contributed by atoms with van der Waals surface area (Å²) >= 11 is 0. The molecule has 3 rings (SSSR count). The third-order valence-corrected chi connectivity index (χ3v) is 4.04. The number of aromatic hydroxyl groups is 1. The Morgan fingerprint density at radius 3 is 2.59 bits per heavy atom. The predicted molar refractivity (Wildman–Crippen MR) is 84.2 cm³/mol. The minimum atomic E-state index is -0.359. The number of hydrogen-bond acceptors (Lipinski definition) is 5. The largest absolute Gasteiger partial charge is 0.508 e. The van der Waals surface area contributed by atoms with E-state index in [4.69, 9.17) is 9.15 Å². The van der Waals surface area contributed by atoms with Gasteiger partial charge in [-0.15, -0.1) is 0 Å². The number of hydrogen-bond donors (Lipinski definition) is 1. The molecule has 5 heteroatoms. The summed E-state index contributed by atoms with van der Waals surface area (Å²) in [7, 11) is 0. The Balaban J connectivity index is 1.99. The molecule has 2 aromatic rings. The first-order valence-electron chi connectivity index (χ1n) is 7.56. The maximum absolute atomic E-state index is 11.8. The molecule has 0 aliphatic carbocycles. The van der Waals surface area contributed by atoms with E-state index in [0.29, 0.717) is 17.7 Å². The zero-order valence-electron chi connectivity index (χ0n) is 13.1. The molecule has 1 fully saturated rings. The molecule has 1 aromatic heterocycles. The Kier molecular flexibility index (Phi) is 3.93. The molecule has 1 aromatic carbocycles. The highest BCUT2D eigenvalue weighted by atomic mass is 16.5. The van der Waals surface area contributed by atoms with Crippen molar-refractivity contribution in [3.8, 4) is 5.75 Å². The number of nitrogens with zero attached hydrogens (tertiary/aromatic N) is 1. The lowest BCUT2D eigenvalue weighted by Crippen LogP contribution is -2.44. The zero-order chi connectivity index (χ0) is 15.9. The number of phenolic OH excluding ortho intramolecular Hbond substituents is 1. The Morgan fingerprint density at radius 1 is 1.23 bits per heavy atom. The first-order chi connectivity index (χ1) is 10.4. The van der Waals surface area contributed by atoms with Crippen molar-refractivity contribution in [2.24, 2.45) is 0 Å². The summed E-state index contributed by atoms with van der Waals surface area (Å²) in [5, 5.41) is 10.7. The van der Waals surface area contributed by atoms with Gasteiger partial charge in [0.1, 0.15) is 11.3 Å². The average molecular weight is 303 g/mol. The van der Waals surface area contributed by atoms with Crippen LogP contribution < -0.4 is 5.63 Å². The zero-order valence-corrected chi connectivity index (χ0v) is 13.1. The van der Waals surface area contributed by atoms with Crippen molar-refractivity contribution in [1.82, 2.24) is 4.90 Å². The van der Waals surface area contributed by atoms with Gasteiger partial charge in [0.15, 0.2) is 0 Å². The van der Waals surface area contributed by atoms with Crippen molar-refractivity contribution in [2.75, 3.05) is 13.1 Å². The van der Waals surface area contributed by atoms with Crippen LogP contribution in [0.4, 0.5) is 0 Å². The lowest BCUT2D eigenvalue weighted by Gasteiger charge is -2.35. The molecule has 0 saturated carbocycles. The van der Waals surface area contributed by atoms with Crippen molar-refractivity contribution < 1.29 is 14.3 Å². The standard InChI is InChI=1S/C17H21NO4/c1-10-4-16-14(6-15(10)19)13(5-17(20)22-16)9-18-7-11(2)21-12(3)8-18/h4-6,11-12,19H,7-9H2,1-3H3/t11-,12-/m0/s1. The first kappa shape index (κ1) is 15.1. The Labute approximate surface area is 129 Å². The summed E-state index contributed by atoms with van der Waals surface area (Å²) < 4.78 is 11.0. The van der Waals surface area contributed by atoms with E-state index < -0.39 is 0 Å². The van der Waals surface area contributed by atoms with E-state index in [0.717, 1.165) is 24.0 Å². The van der Waals surface area contributed by atoms with Gasteiger partial charge >= 0.3 is 5.63 Å². The molecule has 5 nitrogen and oxygen atoms in total. The van der Waals surface area contributed by atoms with Gasteiger partial charge in [-0.2, -0.15) is 0 Å². The summed E-state index contributed by atoms with van der Waals surface area (Å²) in [5.74, 6) is 0.214. The van der Waals surface area contributed by atoms with Crippen molar-refractivity contribution in [1.29, 1.82) is 0 Å². The molecule has 1 aliphatic heterocycles. The number of morpholine rings is 1. The highest BCUT2D eigenvalue weighted by molar-refractivity contribution is 5.82. The van der Waals surface area contributed by atoms with Crippen molar-refractivity contribution in [2.45, 2.75) is 39.5 Å². The highest BCUT2D eigenvalue weighted by Crippen LogP contribution is 2.27. The molecule has 1 saturated heterocycles. The molecule has 1 aliphatic rings. The third kappa shape index (κ3) is 3.00. The van der Waals surface area contributed by atoms with E-state index in [1.807, 2.05) is 0 Å². The van der Waals surface area contributed by atoms with E-state index >= 15 is 0 Å². The van der Waals surface area contributed by atoms with Crippen LogP contribution in [0.15, 0.2) is 27.4 Å². The van der Waals surface area contributed by atoms with E-state index in [9.17, 15) is 9.90 Å². The van der Waals surface area contributed by atoms with Crippen LogP contribution in [-0.4, -0.2) is 35.3 Å². The fraction of sp³-hybridized carbons (Fsp3) is 0.471. The normalized spacial score (nSPS) is 23.0. The number of aryl methyl sites for hydroxylation is 1. The van der Waals surface area contributed by atoms with Gasteiger partial charge < -0.3 is 14.3 Å². The molecule has 0 bridgehead atoms. The lowest BCUT2D eigenvalue weighted by atomic mass is 10.1. The topological polar surface area (TPSA) is 62.9 Å². The van der Waals surface area contributed by atoms with Crippen LogP contribution in [0, 0.1) is 6.92 Å². The quantitative estimate of drug-likeness (QED) is 0.863. The Morgan fingerprint density at radius 2 is 1.91 bits per heavy atom. The Hall–Kier alpha value is -1.85. The van der Waals surface area contributed by atoms with E-state index in [2.05, 4.69) is 18.7 Å². The van der Waals surface area contributed by atoms with Crippen LogP contribution in [-0.2, 0) is 11.3 Å². The van der Waals surface area contributed by atoms with Gasteiger partial charge in [-0.25, -0.2) is 4.79 Å². The van der Waals surface area contributed by atoms with Gasteiger partial charge in [0.25, 0.3) is 0 Å². The van der Waals surface area contributed by atoms with Crippen LogP contribution in [0.5, 0.6) is 5.75 Å². The van der Waals surface area contributed by atoms with Gasteiger partial charge in [-0.1, -0.05) is 0 Å². The molecular formula is C17H21NO4. The lowest BCUT2D eigenvalue weighted by molar-refractivity contribution is -0.0704. The molecular weight excluding hydrogens is 282 g/mol. The summed E-state index contributed by atoms with van der Waals surface area (Å²) in [6, 6.07) is 4.90. The molecule has 0 radical (unpaired) electrons. The second-order valence-corrected chi connectivity index (χ2v) is 6.18. The van der Waals surface area contributed by atoms with Crippen LogP contribution in [0.2, 0.25) is 0 Å². The molecule has 22 heavy (non-hydrogen) atoms. The van der Waals surface area contributed by atoms with Gasteiger partial charge in [-0.05, 0) is 44.0 Å². The van der Waals surface area contributed by atoms with Crippen molar-refractivity contribution >= 4 is 11.0 Å². The molecule has 0 amide bonds. The van der Waals surface area contributed by atoms with Crippen molar-refractivity contribution in [3.63, 3.8) is 0 Å². The van der Waals surface area contributed by atoms with E-state index in [-0.39, 0.29) is 23.6 Å². The molecule has 1 N–H and O–H groups in total. The number of benzene rings is 1. The number of phenols is 1. The summed E-state index contributed by atoms with van der Waals surface area (Å²) in [5.41, 5.74) is 1.73. The molecule has 2 heterocycles. The number of fused-ring (bicyclic) bond motifs is 1. The minimum absolute atomic E-state index is 0.172. The Bertz CT molecular complexity index is 742. The maximum atomic E-state index is 11.8. The van der Waals surface area contributed by atoms with Crippen LogP contribution in [0.25, 0.3) is 11.0 Å². The molecule has 0 spiro atoms. The highest BCUT2D eigenvalue weighted by Gasteiger charge is 2.23. The fourth-order valence-corrected chi connectivity index (χ4v) is 3.15. The van der Waals surface area contributed by atoms with Crippen LogP contribution in [0.1, 0.15) is 25.0 Å². The first-order valence-corrected chi connectivity index (χ1v) is 7.56. The minimum Gasteiger partial charge on any atom is -0.508 e. The molecule has 0 unspecified atom stereocenters. The molecule has 2 atom stereocenters. The number of ether oxygens (including phenoxy) is 1. The smallest absolute Gasteiger partial charge is 0.336 e. The van der Waals surface area contributed by atoms with Gasteiger partial charge in [0, 0.05) is 31.1 Å². The average Bonchev–Trinajstić information content (AvgIpc) is 2.39. The second kappa shape index (κ2) is 5.74. The monoisotopic (exact) mass is 303 g/mol. The van der Waals surface area contributed by atoms with Gasteiger partial charge in [0.2, 0.25) is 0 Å². The van der Waals surface area contributed by atoms with Crippen LogP contribution in [0.3, 0.4) is 0 Å². The van der Waals surface area contributed by atoms with Crippen molar-refractivity contribution in [3.05, 3.63) is 39.7 Å². The van der Waals surface area contributed by atoms with Gasteiger partial charge in [-0.3, -0.25) is 4.90 Å². The second-order valence-electron chi connectivity index (χ2n) is 6.18. The third-order valence-electron chi connectivity index (χ3n) is 4.04. The molecule has 118 valence electrons. The number of rotatable bonds is 2. The summed E-state index contributed by atoms with van der Waals surface area (Å²) in [4.78, 5) is 14.1. The SMILES string of the molecule is Cc1cc2oc(=O)cc(CN3C[C@H](C)O[C@@H](C)C3)c2cc1O. The van der Waals surface area contributed by atoms with Gasteiger partial charge in [0.05, 0.1) is 12.2 Å². The van der Waals surface area contributed by atoms with Crippen LogP contribution >= 0.6 is 0 Å².